The van der Waals surface area contributed by atoms with Gasteiger partial charge >= 0.3 is 5.97 Å². The Morgan fingerprint density at radius 2 is 2.29 bits per heavy atom. The average molecular weight is 286 g/mol. The molecule has 0 aliphatic carbocycles. The zero-order valence-electron chi connectivity index (χ0n) is 11.6. The summed E-state index contributed by atoms with van der Waals surface area (Å²) in [5.74, 6) is -0.792. The van der Waals surface area contributed by atoms with Crippen LogP contribution in [0.1, 0.15) is 26.4 Å². The number of hydrazone groups is 1. The molecule has 0 aliphatic heterocycles. The first-order chi connectivity index (χ1) is 10.1. The lowest BCUT2D eigenvalue weighted by atomic mass is 10.3. The number of amides is 1. The molecule has 0 bridgehead atoms. The maximum absolute atomic E-state index is 11.7. The molecule has 2 heterocycles. The second-order valence-electron chi connectivity index (χ2n) is 4.20. The van der Waals surface area contributed by atoms with Crippen LogP contribution < -0.4 is 5.43 Å². The van der Waals surface area contributed by atoms with Crippen LogP contribution in [-0.4, -0.2) is 34.8 Å². The third-order valence-electron chi connectivity index (χ3n) is 2.72. The Morgan fingerprint density at radius 1 is 1.48 bits per heavy atom. The Kier molecular flexibility index (Phi) is 4.45. The molecule has 1 N–H and O–H groups in total. The van der Waals surface area contributed by atoms with E-state index in [0.717, 1.165) is 0 Å². The first-order valence-corrected chi connectivity index (χ1v) is 6.10. The van der Waals surface area contributed by atoms with Crippen LogP contribution in [0, 0.1) is 0 Å². The first kappa shape index (κ1) is 14.4. The number of nitrogens with zero attached hydrogens (tertiary/aromatic N) is 3. The number of aromatic nitrogens is 2. The number of nitrogens with one attached hydrogen (secondary N) is 1. The first-order valence-electron chi connectivity index (χ1n) is 6.10. The molecule has 1 amide bonds. The summed E-state index contributed by atoms with van der Waals surface area (Å²) in [6.07, 6.45) is 6.17. The van der Waals surface area contributed by atoms with Crippen molar-refractivity contribution in [3.05, 3.63) is 53.6 Å². The van der Waals surface area contributed by atoms with Crippen molar-refractivity contribution in [2.24, 2.45) is 12.1 Å². The van der Waals surface area contributed by atoms with Gasteiger partial charge in [0, 0.05) is 31.2 Å². The number of pyridine rings is 1. The molecule has 7 heteroatoms. The van der Waals surface area contributed by atoms with Crippen molar-refractivity contribution in [3.8, 4) is 0 Å². The van der Waals surface area contributed by atoms with E-state index >= 15 is 0 Å². The Balaban J connectivity index is 2.02. The molecule has 0 aromatic carbocycles. The van der Waals surface area contributed by atoms with Gasteiger partial charge < -0.3 is 9.30 Å². The predicted octanol–water partition coefficient (Wildman–Crippen LogP) is 0.971. The predicted molar refractivity (Wildman–Crippen MR) is 76.0 cm³/mol. The highest BCUT2D eigenvalue weighted by Crippen LogP contribution is 2.06. The molecule has 0 saturated carbocycles. The standard InChI is InChI=1S/C14H14N4O3/c1-18-9-10(6-12(18)14(20)21-2)7-16-17-13(19)11-4-3-5-15-8-11/h3-9H,1-2H3,(H,17,19)/b16-7-. The molecular weight excluding hydrogens is 272 g/mol. The molecule has 0 radical (unpaired) electrons. The molecule has 21 heavy (non-hydrogen) atoms. The van der Waals surface area contributed by atoms with Crippen molar-refractivity contribution in [1.29, 1.82) is 0 Å². The molecule has 0 unspecified atom stereocenters. The summed E-state index contributed by atoms with van der Waals surface area (Å²) in [6.45, 7) is 0. The van der Waals surface area contributed by atoms with E-state index in [1.165, 1.54) is 19.5 Å². The van der Waals surface area contributed by atoms with Gasteiger partial charge in [0.1, 0.15) is 5.69 Å². The number of hydrogen-bond donors (Lipinski definition) is 1. The number of esters is 1. The number of carbonyl (C=O) groups is 2. The van der Waals surface area contributed by atoms with Crippen molar-refractivity contribution in [3.63, 3.8) is 0 Å². The van der Waals surface area contributed by atoms with E-state index in [1.807, 2.05) is 0 Å². The maximum Gasteiger partial charge on any atom is 0.354 e. The smallest absolute Gasteiger partial charge is 0.354 e. The summed E-state index contributed by atoms with van der Waals surface area (Å²) in [4.78, 5) is 27.0. The number of methoxy groups -OCH3 is 1. The van der Waals surface area contributed by atoms with E-state index in [1.54, 1.807) is 42.2 Å². The summed E-state index contributed by atoms with van der Waals surface area (Å²) in [5.41, 5.74) is 3.87. The monoisotopic (exact) mass is 286 g/mol. The van der Waals surface area contributed by atoms with Crippen LogP contribution in [-0.2, 0) is 11.8 Å². The third kappa shape index (κ3) is 3.53. The second-order valence-corrected chi connectivity index (χ2v) is 4.20. The van der Waals surface area contributed by atoms with E-state index in [4.69, 9.17) is 0 Å². The zero-order chi connectivity index (χ0) is 15.2. The largest absolute Gasteiger partial charge is 0.464 e. The molecule has 0 spiro atoms. The lowest BCUT2D eigenvalue weighted by Crippen LogP contribution is -2.17. The normalized spacial score (nSPS) is 10.6. The van der Waals surface area contributed by atoms with E-state index in [2.05, 4.69) is 20.2 Å². The van der Waals surface area contributed by atoms with Gasteiger partial charge in [0.2, 0.25) is 0 Å². The molecule has 0 aliphatic rings. The number of carbonyl (C=O) groups excluding carboxylic acids is 2. The van der Waals surface area contributed by atoms with E-state index < -0.39 is 5.97 Å². The quantitative estimate of drug-likeness (QED) is 0.515. The van der Waals surface area contributed by atoms with Crippen LogP contribution in [0.5, 0.6) is 0 Å². The van der Waals surface area contributed by atoms with Crippen molar-refractivity contribution < 1.29 is 14.3 Å². The molecule has 0 fully saturated rings. The fourth-order valence-corrected chi connectivity index (χ4v) is 1.70. The Labute approximate surface area is 121 Å². The van der Waals surface area contributed by atoms with E-state index in [0.29, 0.717) is 16.8 Å². The minimum atomic E-state index is -0.434. The molecule has 7 nitrogen and oxygen atoms in total. The maximum atomic E-state index is 11.7. The minimum Gasteiger partial charge on any atom is -0.464 e. The van der Waals surface area contributed by atoms with Gasteiger partial charge in [-0.2, -0.15) is 5.10 Å². The molecule has 2 aromatic rings. The Morgan fingerprint density at radius 3 is 2.95 bits per heavy atom. The SMILES string of the molecule is COC(=O)c1cc(/C=N\NC(=O)c2cccnc2)cn1C. The number of ether oxygens (including phenoxy) is 1. The fraction of sp³-hybridized carbons (Fsp3) is 0.143. The van der Waals surface area contributed by atoms with Crippen molar-refractivity contribution in [2.45, 2.75) is 0 Å². The second kappa shape index (κ2) is 6.47. The van der Waals surface area contributed by atoms with Gasteiger partial charge in [-0.15, -0.1) is 0 Å². The summed E-state index contributed by atoms with van der Waals surface area (Å²) >= 11 is 0. The zero-order valence-corrected chi connectivity index (χ0v) is 11.6. The third-order valence-corrected chi connectivity index (χ3v) is 2.72. The van der Waals surface area contributed by atoms with Crippen LogP contribution in [0.3, 0.4) is 0 Å². The van der Waals surface area contributed by atoms with Gasteiger partial charge in [0.05, 0.1) is 18.9 Å². The van der Waals surface area contributed by atoms with Crippen LogP contribution in [0.15, 0.2) is 41.9 Å². The van der Waals surface area contributed by atoms with Crippen molar-refractivity contribution in [1.82, 2.24) is 15.0 Å². The topological polar surface area (TPSA) is 85.6 Å². The average Bonchev–Trinajstić information content (AvgIpc) is 2.88. The van der Waals surface area contributed by atoms with Crippen molar-refractivity contribution in [2.75, 3.05) is 7.11 Å². The van der Waals surface area contributed by atoms with Crippen molar-refractivity contribution >= 4 is 18.1 Å². The van der Waals surface area contributed by atoms with Gasteiger partial charge in [-0.25, -0.2) is 10.2 Å². The highest BCUT2D eigenvalue weighted by atomic mass is 16.5. The van der Waals surface area contributed by atoms with Crippen LogP contribution in [0.2, 0.25) is 0 Å². The summed E-state index contributed by atoms with van der Waals surface area (Å²) in [6, 6.07) is 4.92. The number of aryl methyl sites for hydroxylation is 1. The van der Waals surface area contributed by atoms with Gasteiger partial charge in [0.25, 0.3) is 5.91 Å². The molecule has 2 aromatic heterocycles. The number of rotatable bonds is 4. The minimum absolute atomic E-state index is 0.358. The Bertz CT molecular complexity index is 677. The van der Waals surface area contributed by atoms with Crippen LogP contribution in [0.25, 0.3) is 0 Å². The Hall–Kier alpha value is -2.96. The van der Waals surface area contributed by atoms with Crippen LogP contribution in [0.4, 0.5) is 0 Å². The molecule has 0 atom stereocenters. The fourth-order valence-electron chi connectivity index (χ4n) is 1.70. The van der Waals surface area contributed by atoms with Gasteiger partial charge in [-0.05, 0) is 18.2 Å². The summed E-state index contributed by atoms with van der Waals surface area (Å²) in [7, 11) is 3.04. The highest BCUT2D eigenvalue weighted by Gasteiger charge is 2.10. The van der Waals surface area contributed by atoms with E-state index in [-0.39, 0.29) is 5.91 Å². The summed E-state index contributed by atoms with van der Waals surface area (Å²) in [5, 5.41) is 3.84. The van der Waals surface area contributed by atoms with Gasteiger partial charge in [0.15, 0.2) is 0 Å². The molecule has 0 saturated heterocycles. The lowest BCUT2D eigenvalue weighted by molar-refractivity contribution is 0.0590. The van der Waals surface area contributed by atoms with Crippen LogP contribution >= 0.6 is 0 Å². The highest BCUT2D eigenvalue weighted by molar-refractivity contribution is 5.95. The van der Waals surface area contributed by atoms with Gasteiger partial charge in [-0.1, -0.05) is 0 Å². The summed E-state index contributed by atoms with van der Waals surface area (Å²) < 4.78 is 6.27. The van der Waals surface area contributed by atoms with E-state index in [9.17, 15) is 9.59 Å². The molecule has 2 rings (SSSR count). The molecule has 108 valence electrons. The molecular formula is C14H14N4O3. The number of hydrogen-bond acceptors (Lipinski definition) is 5. The lowest BCUT2D eigenvalue weighted by Gasteiger charge is -1.98. The van der Waals surface area contributed by atoms with Gasteiger partial charge in [-0.3, -0.25) is 9.78 Å².